The molecule has 2 heteroatoms. The summed E-state index contributed by atoms with van der Waals surface area (Å²) in [6.07, 6.45) is 1.07. The molecule has 0 aliphatic heterocycles. The van der Waals surface area contributed by atoms with Gasteiger partial charge in [0, 0.05) is 11.3 Å². The maximum atomic E-state index is 4.98. The molecule has 0 aliphatic carbocycles. The van der Waals surface area contributed by atoms with E-state index in [1.165, 1.54) is 16.4 Å². The number of pyridine rings is 1. The molecule has 2 aromatic rings. The summed E-state index contributed by atoms with van der Waals surface area (Å²) in [6, 6.07) is 15.0. The van der Waals surface area contributed by atoms with Gasteiger partial charge in [0.05, 0.1) is 13.8 Å². The van der Waals surface area contributed by atoms with Crippen molar-refractivity contribution in [3.05, 3.63) is 48.2 Å². The standard InChI is InChI=1S/C18H25NSi/c1-14(2)13-17-18(20(3,4)5)12-11-16(19-17)15-9-7-6-8-10-15/h6-12,14H,13H2,1-5H3. The van der Waals surface area contributed by atoms with E-state index in [-0.39, 0.29) is 0 Å². The fourth-order valence-electron chi connectivity index (χ4n) is 2.50. The van der Waals surface area contributed by atoms with Crippen LogP contribution in [0.5, 0.6) is 0 Å². The summed E-state index contributed by atoms with van der Waals surface area (Å²) >= 11 is 0. The third kappa shape index (κ3) is 3.57. The van der Waals surface area contributed by atoms with E-state index in [1.807, 2.05) is 0 Å². The lowest BCUT2D eigenvalue weighted by Crippen LogP contribution is -2.41. The van der Waals surface area contributed by atoms with Crippen LogP contribution in [0.15, 0.2) is 42.5 Å². The Morgan fingerprint density at radius 1 is 0.950 bits per heavy atom. The van der Waals surface area contributed by atoms with Crippen molar-refractivity contribution in [1.29, 1.82) is 0 Å². The molecule has 0 radical (unpaired) electrons. The van der Waals surface area contributed by atoms with E-state index in [4.69, 9.17) is 4.98 Å². The highest BCUT2D eigenvalue weighted by Crippen LogP contribution is 2.19. The zero-order valence-electron chi connectivity index (χ0n) is 13.3. The van der Waals surface area contributed by atoms with Crippen LogP contribution in [0.2, 0.25) is 19.6 Å². The summed E-state index contributed by atoms with van der Waals surface area (Å²) in [5, 5.41) is 1.51. The van der Waals surface area contributed by atoms with Crippen LogP contribution < -0.4 is 5.19 Å². The molecule has 20 heavy (non-hydrogen) atoms. The smallest absolute Gasteiger partial charge is 0.0799 e. The van der Waals surface area contributed by atoms with Crippen LogP contribution in [0.1, 0.15) is 19.5 Å². The molecule has 1 nitrogen and oxygen atoms in total. The van der Waals surface area contributed by atoms with Gasteiger partial charge >= 0.3 is 0 Å². The maximum Gasteiger partial charge on any atom is 0.0799 e. The fourth-order valence-corrected chi connectivity index (χ4v) is 4.10. The van der Waals surface area contributed by atoms with Crippen LogP contribution in [0.3, 0.4) is 0 Å². The minimum atomic E-state index is -1.33. The Labute approximate surface area is 124 Å². The summed E-state index contributed by atoms with van der Waals surface area (Å²) < 4.78 is 0. The number of aromatic nitrogens is 1. The zero-order valence-corrected chi connectivity index (χ0v) is 14.3. The van der Waals surface area contributed by atoms with E-state index < -0.39 is 8.07 Å². The number of nitrogens with zero attached hydrogens (tertiary/aromatic N) is 1. The first-order chi connectivity index (χ1) is 9.38. The highest BCUT2D eigenvalue weighted by Gasteiger charge is 2.22. The minimum absolute atomic E-state index is 0.642. The van der Waals surface area contributed by atoms with E-state index in [0.29, 0.717) is 5.92 Å². The Morgan fingerprint density at radius 2 is 1.60 bits per heavy atom. The van der Waals surface area contributed by atoms with Gasteiger partial charge < -0.3 is 0 Å². The number of hydrogen-bond donors (Lipinski definition) is 0. The van der Waals surface area contributed by atoms with Crippen LogP contribution in [-0.2, 0) is 6.42 Å². The minimum Gasteiger partial charge on any atom is -0.253 e. The van der Waals surface area contributed by atoms with Crippen molar-refractivity contribution in [3.8, 4) is 11.3 Å². The van der Waals surface area contributed by atoms with Crippen molar-refractivity contribution in [2.75, 3.05) is 0 Å². The highest BCUT2D eigenvalue weighted by molar-refractivity contribution is 6.89. The molecule has 0 saturated heterocycles. The lowest BCUT2D eigenvalue weighted by molar-refractivity contribution is 0.638. The summed E-state index contributed by atoms with van der Waals surface area (Å²) in [5.74, 6) is 0.642. The third-order valence-electron chi connectivity index (χ3n) is 3.45. The first-order valence-corrected chi connectivity index (χ1v) is 10.9. The van der Waals surface area contributed by atoms with E-state index >= 15 is 0 Å². The topological polar surface area (TPSA) is 12.9 Å². The first kappa shape index (κ1) is 15.0. The van der Waals surface area contributed by atoms with Gasteiger partial charge in [-0.25, -0.2) is 0 Å². The normalized spacial score (nSPS) is 11.9. The van der Waals surface area contributed by atoms with Gasteiger partial charge in [-0.05, 0) is 23.6 Å². The van der Waals surface area contributed by atoms with Crippen molar-refractivity contribution < 1.29 is 0 Å². The molecular weight excluding hydrogens is 258 g/mol. The van der Waals surface area contributed by atoms with Crippen molar-refractivity contribution in [3.63, 3.8) is 0 Å². The second-order valence-corrected chi connectivity index (χ2v) is 11.9. The predicted octanol–water partition coefficient (Wildman–Crippen LogP) is 4.49. The monoisotopic (exact) mass is 283 g/mol. The van der Waals surface area contributed by atoms with Gasteiger partial charge in [-0.15, -0.1) is 0 Å². The quantitative estimate of drug-likeness (QED) is 0.753. The number of rotatable bonds is 4. The van der Waals surface area contributed by atoms with E-state index in [0.717, 1.165) is 12.1 Å². The molecule has 0 unspecified atom stereocenters. The van der Waals surface area contributed by atoms with Gasteiger partial charge in [-0.1, -0.05) is 69.9 Å². The molecule has 2 rings (SSSR count). The Hall–Kier alpha value is -1.41. The van der Waals surface area contributed by atoms with Gasteiger partial charge in [0.2, 0.25) is 0 Å². The molecule has 0 N–H and O–H groups in total. The van der Waals surface area contributed by atoms with Crippen LogP contribution in [0, 0.1) is 5.92 Å². The largest absolute Gasteiger partial charge is 0.253 e. The predicted molar refractivity (Wildman–Crippen MR) is 91.2 cm³/mol. The lowest BCUT2D eigenvalue weighted by atomic mass is 10.1. The molecule has 1 heterocycles. The molecule has 1 aromatic heterocycles. The summed E-state index contributed by atoms with van der Waals surface area (Å²) in [7, 11) is -1.33. The first-order valence-electron chi connectivity index (χ1n) is 7.44. The SMILES string of the molecule is CC(C)Cc1nc(-c2ccccc2)ccc1[Si](C)(C)C. The summed E-state index contributed by atoms with van der Waals surface area (Å²) in [5.41, 5.74) is 3.61. The van der Waals surface area contributed by atoms with Crippen LogP contribution in [0.4, 0.5) is 0 Å². The zero-order chi connectivity index (χ0) is 14.8. The molecule has 1 aromatic carbocycles. The van der Waals surface area contributed by atoms with Crippen molar-refractivity contribution >= 4 is 13.3 Å². The van der Waals surface area contributed by atoms with Gasteiger partial charge in [0.15, 0.2) is 0 Å². The van der Waals surface area contributed by atoms with Crippen LogP contribution >= 0.6 is 0 Å². The molecule has 0 bridgehead atoms. The fraction of sp³-hybridized carbons (Fsp3) is 0.389. The van der Waals surface area contributed by atoms with Crippen LogP contribution in [-0.4, -0.2) is 13.1 Å². The van der Waals surface area contributed by atoms with Crippen LogP contribution in [0.25, 0.3) is 11.3 Å². The van der Waals surface area contributed by atoms with E-state index in [9.17, 15) is 0 Å². The molecule has 0 fully saturated rings. The molecular formula is C18H25NSi. The van der Waals surface area contributed by atoms with Crippen molar-refractivity contribution in [1.82, 2.24) is 4.98 Å². The highest BCUT2D eigenvalue weighted by atomic mass is 28.3. The van der Waals surface area contributed by atoms with Crippen molar-refractivity contribution in [2.45, 2.75) is 39.9 Å². The van der Waals surface area contributed by atoms with Gasteiger partial charge in [-0.3, -0.25) is 4.98 Å². The lowest BCUT2D eigenvalue weighted by Gasteiger charge is -2.22. The van der Waals surface area contributed by atoms with Gasteiger partial charge in [0.25, 0.3) is 0 Å². The molecule has 0 atom stereocenters. The average molecular weight is 283 g/mol. The van der Waals surface area contributed by atoms with Crippen molar-refractivity contribution in [2.24, 2.45) is 5.92 Å². The molecule has 0 saturated carbocycles. The summed E-state index contributed by atoms with van der Waals surface area (Å²) in [4.78, 5) is 4.98. The van der Waals surface area contributed by atoms with E-state index in [2.05, 4.69) is 76.0 Å². The third-order valence-corrected chi connectivity index (χ3v) is 5.52. The second-order valence-electron chi connectivity index (χ2n) is 6.90. The average Bonchev–Trinajstić information content (AvgIpc) is 2.37. The Morgan fingerprint density at radius 3 is 2.15 bits per heavy atom. The molecule has 0 amide bonds. The Kier molecular flexibility index (Phi) is 4.44. The maximum absolute atomic E-state index is 4.98. The number of hydrogen-bond acceptors (Lipinski definition) is 1. The molecule has 0 spiro atoms. The Balaban J connectivity index is 2.49. The Bertz CT molecular complexity index is 568. The molecule has 106 valence electrons. The summed E-state index contributed by atoms with van der Waals surface area (Å²) in [6.45, 7) is 11.7. The second kappa shape index (κ2) is 5.92. The van der Waals surface area contributed by atoms with Gasteiger partial charge in [-0.2, -0.15) is 0 Å². The van der Waals surface area contributed by atoms with Gasteiger partial charge in [0.1, 0.15) is 0 Å². The number of benzene rings is 1. The van der Waals surface area contributed by atoms with E-state index in [1.54, 1.807) is 0 Å². The molecule has 0 aliphatic rings.